The smallest absolute Gasteiger partial charge is 0.291 e. The molecule has 0 unspecified atom stereocenters. The number of carbonyl (C=O) groups excluding carboxylic acids is 1. The van der Waals surface area contributed by atoms with Crippen LogP contribution in [0.25, 0.3) is 21.8 Å². The van der Waals surface area contributed by atoms with E-state index in [1.54, 1.807) is 29.0 Å². The second-order valence-corrected chi connectivity index (χ2v) is 8.36. The molecule has 0 fully saturated rings. The molecule has 0 radical (unpaired) electrons. The molecule has 6 nitrogen and oxygen atoms in total. The summed E-state index contributed by atoms with van der Waals surface area (Å²) in [5, 5.41) is 8.60. The molecule has 0 saturated carbocycles. The minimum absolute atomic E-state index is 0.187. The predicted octanol–water partition coefficient (Wildman–Crippen LogP) is 3.45. The Morgan fingerprint density at radius 2 is 1.77 bits per heavy atom. The van der Waals surface area contributed by atoms with Crippen molar-refractivity contribution < 1.29 is 9.18 Å². The Hall–Kier alpha value is -3.48. The quantitative estimate of drug-likeness (QED) is 0.564. The highest BCUT2D eigenvalue weighted by Crippen LogP contribution is 2.27. The molecule has 0 aliphatic rings. The van der Waals surface area contributed by atoms with E-state index in [0.29, 0.717) is 16.5 Å². The van der Waals surface area contributed by atoms with E-state index in [0.717, 1.165) is 15.6 Å². The van der Waals surface area contributed by atoms with Crippen molar-refractivity contribution in [2.75, 3.05) is 0 Å². The normalized spacial score (nSPS) is 11.9. The van der Waals surface area contributed by atoms with Crippen LogP contribution in [0.2, 0.25) is 0 Å². The number of rotatable bonds is 4. The minimum Gasteiger partial charge on any atom is -0.350 e. The summed E-state index contributed by atoms with van der Waals surface area (Å²) >= 11 is 0. The van der Waals surface area contributed by atoms with Gasteiger partial charge >= 0.3 is 0 Å². The molecule has 0 aliphatic carbocycles. The lowest BCUT2D eigenvalue weighted by Crippen LogP contribution is -2.44. The van der Waals surface area contributed by atoms with E-state index < -0.39 is 5.54 Å². The van der Waals surface area contributed by atoms with Crippen LogP contribution in [0.5, 0.6) is 0 Å². The Balaban J connectivity index is 1.87. The van der Waals surface area contributed by atoms with Crippen molar-refractivity contribution in [3.8, 4) is 0 Å². The molecular weight excluding hydrogens is 383 g/mol. The summed E-state index contributed by atoms with van der Waals surface area (Å²) in [6.07, 6.45) is 1.60. The van der Waals surface area contributed by atoms with E-state index in [1.807, 2.05) is 45.0 Å². The molecule has 4 aromatic rings. The van der Waals surface area contributed by atoms with E-state index in [4.69, 9.17) is 0 Å². The summed E-state index contributed by atoms with van der Waals surface area (Å²) in [5.74, 6) is -0.629. The van der Waals surface area contributed by atoms with E-state index >= 15 is 0 Å². The summed E-state index contributed by atoms with van der Waals surface area (Å²) in [6, 6.07) is 14.1. The van der Waals surface area contributed by atoms with E-state index in [9.17, 15) is 14.0 Å². The van der Waals surface area contributed by atoms with Crippen LogP contribution in [0.4, 0.5) is 4.39 Å². The number of hydrogen-bond donors (Lipinski definition) is 1. The first-order chi connectivity index (χ1) is 14.2. The van der Waals surface area contributed by atoms with Gasteiger partial charge in [0.15, 0.2) is 0 Å². The minimum atomic E-state index is -0.412. The standard InChI is InChI=1S/C23H23FN4O2/c1-23(2,3)26-20(29)14-28-22(30)21-17(12-25-28)16-9-5-7-11-19(16)27(21)13-15-8-4-6-10-18(15)24/h4-12H,13-14H2,1-3H3,(H,26,29). The first kappa shape index (κ1) is 19.8. The van der Waals surface area contributed by atoms with Gasteiger partial charge in [0.2, 0.25) is 5.91 Å². The molecular formula is C23H23FN4O2. The molecule has 0 spiro atoms. The van der Waals surface area contributed by atoms with Crippen LogP contribution in [0.1, 0.15) is 26.3 Å². The summed E-state index contributed by atoms with van der Waals surface area (Å²) in [7, 11) is 0. The number of amides is 1. The van der Waals surface area contributed by atoms with Gasteiger partial charge in [0.25, 0.3) is 5.56 Å². The molecule has 0 bridgehead atoms. The highest BCUT2D eigenvalue weighted by atomic mass is 19.1. The molecule has 2 heterocycles. The van der Waals surface area contributed by atoms with Crippen LogP contribution in [0.15, 0.2) is 59.5 Å². The SMILES string of the molecule is CC(C)(C)NC(=O)Cn1ncc2c3ccccc3n(Cc3ccccc3F)c2c1=O. The largest absolute Gasteiger partial charge is 0.350 e. The number of carbonyl (C=O) groups is 1. The number of aromatic nitrogens is 3. The van der Waals surface area contributed by atoms with Crippen molar-refractivity contribution in [3.05, 3.63) is 76.5 Å². The molecule has 154 valence electrons. The molecule has 0 atom stereocenters. The zero-order chi connectivity index (χ0) is 21.5. The van der Waals surface area contributed by atoms with Crippen molar-refractivity contribution in [1.29, 1.82) is 0 Å². The Morgan fingerprint density at radius 3 is 2.50 bits per heavy atom. The summed E-state index contributed by atoms with van der Waals surface area (Å²) < 4.78 is 17.3. The zero-order valence-electron chi connectivity index (χ0n) is 17.1. The van der Waals surface area contributed by atoms with E-state index in [-0.39, 0.29) is 30.4 Å². The van der Waals surface area contributed by atoms with Gasteiger partial charge < -0.3 is 9.88 Å². The lowest BCUT2D eigenvalue weighted by atomic mass is 10.1. The van der Waals surface area contributed by atoms with Gasteiger partial charge in [0.05, 0.1) is 12.7 Å². The van der Waals surface area contributed by atoms with Crippen LogP contribution in [0, 0.1) is 5.82 Å². The van der Waals surface area contributed by atoms with Gasteiger partial charge in [-0.25, -0.2) is 9.07 Å². The maximum Gasteiger partial charge on any atom is 0.291 e. The number of nitrogens with one attached hydrogen (secondary N) is 1. The van der Waals surface area contributed by atoms with Crippen LogP contribution >= 0.6 is 0 Å². The molecule has 30 heavy (non-hydrogen) atoms. The molecule has 2 aromatic carbocycles. The number of fused-ring (bicyclic) bond motifs is 3. The fraction of sp³-hybridized carbons (Fsp3) is 0.261. The third-order valence-electron chi connectivity index (χ3n) is 4.87. The Kier molecular flexibility index (Phi) is 4.89. The fourth-order valence-corrected chi connectivity index (χ4v) is 3.66. The summed E-state index contributed by atoms with van der Waals surface area (Å²) in [6.45, 7) is 5.63. The van der Waals surface area contributed by atoms with Crippen LogP contribution in [-0.4, -0.2) is 25.8 Å². The van der Waals surface area contributed by atoms with Gasteiger partial charge in [-0.15, -0.1) is 0 Å². The summed E-state index contributed by atoms with van der Waals surface area (Å²) in [5.41, 5.74) is 0.895. The number of para-hydroxylation sites is 1. The number of benzene rings is 2. The predicted molar refractivity (Wildman–Crippen MR) is 115 cm³/mol. The van der Waals surface area contributed by atoms with Crippen LogP contribution in [-0.2, 0) is 17.9 Å². The topological polar surface area (TPSA) is 68.9 Å². The monoisotopic (exact) mass is 406 g/mol. The maximum atomic E-state index is 14.3. The average Bonchev–Trinajstić information content (AvgIpc) is 2.99. The zero-order valence-corrected chi connectivity index (χ0v) is 17.1. The van der Waals surface area contributed by atoms with Crippen LogP contribution < -0.4 is 10.9 Å². The van der Waals surface area contributed by atoms with Gasteiger partial charge in [-0.1, -0.05) is 36.4 Å². The Bertz CT molecular complexity index is 1310. The lowest BCUT2D eigenvalue weighted by Gasteiger charge is -2.20. The third kappa shape index (κ3) is 3.70. The molecule has 1 N–H and O–H groups in total. The van der Waals surface area contributed by atoms with Gasteiger partial charge in [-0.05, 0) is 32.9 Å². The van der Waals surface area contributed by atoms with E-state index in [2.05, 4.69) is 10.4 Å². The second-order valence-electron chi connectivity index (χ2n) is 8.36. The first-order valence-corrected chi connectivity index (χ1v) is 9.76. The summed E-state index contributed by atoms with van der Waals surface area (Å²) in [4.78, 5) is 25.6. The third-order valence-corrected chi connectivity index (χ3v) is 4.87. The fourth-order valence-electron chi connectivity index (χ4n) is 3.66. The molecule has 2 aromatic heterocycles. The number of halogens is 1. The Morgan fingerprint density at radius 1 is 1.07 bits per heavy atom. The van der Waals surface area contributed by atoms with Crippen molar-refractivity contribution >= 4 is 27.7 Å². The van der Waals surface area contributed by atoms with Gasteiger partial charge in [0, 0.05) is 27.4 Å². The van der Waals surface area contributed by atoms with E-state index in [1.165, 1.54) is 6.07 Å². The van der Waals surface area contributed by atoms with Crippen molar-refractivity contribution in [2.45, 2.75) is 39.4 Å². The average molecular weight is 406 g/mol. The highest BCUT2D eigenvalue weighted by Gasteiger charge is 2.19. The van der Waals surface area contributed by atoms with Crippen molar-refractivity contribution in [2.24, 2.45) is 0 Å². The molecule has 4 rings (SSSR count). The molecule has 7 heteroatoms. The van der Waals surface area contributed by atoms with Gasteiger partial charge in [0.1, 0.15) is 17.9 Å². The number of hydrogen-bond acceptors (Lipinski definition) is 3. The Labute approximate surface area is 172 Å². The van der Waals surface area contributed by atoms with Gasteiger partial charge in [-0.3, -0.25) is 9.59 Å². The molecule has 0 saturated heterocycles. The highest BCUT2D eigenvalue weighted by molar-refractivity contribution is 6.07. The van der Waals surface area contributed by atoms with Crippen LogP contribution in [0.3, 0.4) is 0 Å². The first-order valence-electron chi connectivity index (χ1n) is 9.76. The van der Waals surface area contributed by atoms with Gasteiger partial charge in [-0.2, -0.15) is 5.10 Å². The molecule has 1 amide bonds. The number of nitrogens with zero attached hydrogens (tertiary/aromatic N) is 3. The maximum absolute atomic E-state index is 14.3. The lowest BCUT2D eigenvalue weighted by molar-refractivity contribution is -0.123. The molecule has 0 aliphatic heterocycles. The van der Waals surface area contributed by atoms with Crippen molar-refractivity contribution in [3.63, 3.8) is 0 Å². The van der Waals surface area contributed by atoms with Crippen molar-refractivity contribution in [1.82, 2.24) is 19.7 Å². The second kappa shape index (κ2) is 7.40.